The first-order valence-corrected chi connectivity index (χ1v) is 4.87. The molecule has 17 heavy (non-hydrogen) atoms. The Morgan fingerprint density at radius 2 is 2.29 bits per heavy atom. The molecule has 1 aromatic rings. The highest BCUT2D eigenvalue weighted by molar-refractivity contribution is 5.75. The van der Waals surface area contributed by atoms with Crippen LogP contribution in [0.4, 0.5) is 14.6 Å². The van der Waals surface area contributed by atoms with E-state index >= 15 is 0 Å². The number of carbonyl (C=O) groups excluding carboxylic acids is 1. The van der Waals surface area contributed by atoms with Crippen LogP contribution in [0.5, 0.6) is 5.75 Å². The normalized spacial score (nSPS) is 10.6. The number of pyridine rings is 1. The van der Waals surface area contributed by atoms with Crippen LogP contribution in [0.2, 0.25) is 0 Å². The summed E-state index contributed by atoms with van der Waals surface area (Å²) in [6.45, 7) is 1.72. The van der Waals surface area contributed by atoms with E-state index in [-0.39, 0.29) is 18.0 Å². The van der Waals surface area contributed by atoms with Crippen molar-refractivity contribution in [2.75, 3.05) is 12.3 Å². The van der Waals surface area contributed by atoms with Gasteiger partial charge in [0, 0.05) is 17.3 Å². The van der Waals surface area contributed by atoms with Crippen molar-refractivity contribution in [3.63, 3.8) is 0 Å². The molecule has 3 N–H and O–H groups in total. The third kappa shape index (κ3) is 3.02. The zero-order valence-corrected chi connectivity index (χ0v) is 9.11. The number of rotatable bonds is 4. The van der Waals surface area contributed by atoms with E-state index in [1.807, 2.05) is 0 Å². The summed E-state index contributed by atoms with van der Waals surface area (Å²) in [6.07, 6.45) is -2.47. The fourth-order valence-corrected chi connectivity index (χ4v) is 1.30. The minimum absolute atomic E-state index is 0.129. The number of hydrogen-bond donors (Lipinski definition) is 2. The third-order valence-electron chi connectivity index (χ3n) is 2.08. The van der Waals surface area contributed by atoms with Crippen molar-refractivity contribution in [3.8, 4) is 5.75 Å². The molecule has 0 radical (unpaired) electrons. The third-order valence-corrected chi connectivity index (χ3v) is 2.08. The monoisotopic (exact) mass is 246 g/mol. The molecule has 0 aliphatic heterocycles. The summed E-state index contributed by atoms with van der Waals surface area (Å²) < 4.78 is 29.9. The number of carbonyl (C=O) groups is 1. The number of nitrogens with zero attached hydrogens (tertiary/aromatic N) is 1. The Labute approximate surface area is 96.2 Å². The van der Waals surface area contributed by atoms with E-state index in [2.05, 4.69) is 9.72 Å². The van der Waals surface area contributed by atoms with Gasteiger partial charge < -0.3 is 15.6 Å². The Morgan fingerprint density at radius 1 is 1.65 bits per heavy atom. The maximum absolute atomic E-state index is 12.6. The second kappa shape index (κ2) is 5.42. The number of nitrogens with two attached hydrogens (primary N) is 1. The standard InChI is InChI=1S/C10H12F2N2O3/c1-2-17-7(15)3-5-6(9(11)12)4-14-10(13)8(5)16/h4,9,16H,2-3H2,1H3,(H2,13,14). The molecule has 0 fully saturated rings. The molecule has 1 aromatic heterocycles. The SMILES string of the molecule is CCOC(=O)Cc1c(C(F)F)cnc(N)c1O. The summed E-state index contributed by atoms with van der Waals surface area (Å²) in [5.74, 6) is -1.61. The summed E-state index contributed by atoms with van der Waals surface area (Å²) in [6, 6.07) is 0. The molecule has 0 aliphatic carbocycles. The van der Waals surface area contributed by atoms with Gasteiger partial charge in [-0.25, -0.2) is 13.8 Å². The Kier molecular flexibility index (Phi) is 4.19. The molecule has 0 aromatic carbocycles. The maximum atomic E-state index is 12.6. The summed E-state index contributed by atoms with van der Waals surface area (Å²) >= 11 is 0. The lowest BCUT2D eigenvalue weighted by Gasteiger charge is -2.11. The highest BCUT2D eigenvalue weighted by Gasteiger charge is 2.21. The van der Waals surface area contributed by atoms with Crippen molar-refractivity contribution < 1.29 is 23.4 Å². The lowest BCUT2D eigenvalue weighted by atomic mass is 10.1. The molecule has 94 valence electrons. The van der Waals surface area contributed by atoms with Crippen LogP contribution in [0, 0.1) is 0 Å². The van der Waals surface area contributed by atoms with Gasteiger partial charge in [-0.05, 0) is 6.92 Å². The van der Waals surface area contributed by atoms with Gasteiger partial charge in [0.05, 0.1) is 13.0 Å². The van der Waals surface area contributed by atoms with Crippen LogP contribution in [0.3, 0.4) is 0 Å². The van der Waals surface area contributed by atoms with Gasteiger partial charge in [-0.3, -0.25) is 4.79 Å². The van der Waals surface area contributed by atoms with Crippen LogP contribution in [-0.2, 0) is 16.0 Å². The Bertz CT molecular complexity index is 424. The molecule has 0 saturated carbocycles. The molecule has 0 unspecified atom stereocenters. The molecule has 1 heterocycles. The van der Waals surface area contributed by atoms with Gasteiger partial charge in [-0.15, -0.1) is 0 Å². The van der Waals surface area contributed by atoms with Gasteiger partial charge >= 0.3 is 5.97 Å². The topological polar surface area (TPSA) is 85.4 Å². The van der Waals surface area contributed by atoms with Gasteiger partial charge in [0.15, 0.2) is 11.6 Å². The van der Waals surface area contributed by atoms with Crippen LogP contribution < -0.4 is 5.73 Å². The quantitative estimate of drug-likeness (QED) is 0.784. The molecular formula is C10H12F2N2O3. The van der Waals surface area contributed by atoms with E-state index < -0.39 is 30.1 Å². The zero-order valence-electron chi connectivity index (χ0n) is 9.11. The first kappa shape index (κ1) is 13.1. The number of aromatic hydroxyl groups is 1. The molecule has 5 nitrogen and oxygen atoms in total. The first-order valence-electron chi connectivity index (χ1n) is 4.87. The number of nitrogen functional groups attached to an aromatic ring is 1. The van der Waals surface area contributed by atoms with Gasteiger partial charge in [0.1, 0.15) is 0 Å². The average molecular weight is 246 g/mol. The van der Waals surface area contributed by atoms with Crippen molar-refractivity contribution in [1.29, 1.82) is 0 Å². The van der Waals surface area contributed by atoms with Crippen LogP contribution in [0.25, 0.3) is 0 Å². The van der Waals surface area contributed by atoms with Crippen LogP contribution >= 0.6 is 0 Å². The summed E-state index contributed by atoms with van der Waals surface area (Å²) in [7, 11) is 0. The minimum atomic E-state index is -2.85. The predicted octanol–water partition coefficient (Wildman–Crippen LogP) is 1.41. The summed E-state index contributed by atoms with van der Waals surface area (Å²) in [5, 5.41) is 9.52. The van der Waals surface area contributed by atoms with Crippen LogP contribution in [0.15, 0.2) is 6.20 Å². The molecule has 7 heteroatoms. The summed E-state index contributed by atoms with van der Waals surface area (Å²) in [5.41, 5.74) is 4.51. The van der Waals surface area contributed by atoms with E-state index in [1.165, 1.54) is 0 Å². The van der Waals surface area contributed by atoms with Crippen molar-refractivity contribution in [3.05, 3.63) is 17.3 Å². The van der Waals surface area contributed by atoms with Gasteiger partial charge in [-0.1, -0.05) is 0 Å². The molecule has 0 amide bonds. The van der Waals surface area contributed by atoms with Gasteiger partial charge in [-0.2, -0.15) is 0 Å². The minimum Gasteiger partial charge on any atom is -0.504 e. The van der Waals surface area contributed by atoms with E-state index in [9.17, 15) is 18.7 Å². The number of esters is 1. The number of alkyl halides is 2. The van der Waals surface area contributed by atoms with Crippen molar-refractivity contribution in [2.24, 2.45) is 0 Å². The Hall–Kier alpha value is -1.92. The smallest absolute Gasteiger partial charge is 0.310 e. The van der Waals surface area contributed by atoms with Crippen molar-refractivity contribution in [2.45, 2.75) is 19.8 Å². The van der Waals surface area contributed by atoms with E-state index in [0.29, 0.717) is 0 Å². The number of ether oxygens (including phenoxy) is 1. The Balaban J connectivity index is 3.10. The van der Waals surface area contributed by atoms with E-state index in [0.717, 1.165) is 6.20 Å². The molecule has 0 aliphatic rings. The molecule has 0 saturated heterocycles. The van der Waals surface area contributed by atoms with E-state index in [1.54, 1.807) is 6.92 Å². The van der Waals surface area contributed by atoms with Gasteiger partial charge in [0.25, 0.3) is 6.43 Å². The molecule has 0 spiro atoms. The first-order chi connectivity index (χ1) is 7.97. The second-order valence-electron chi connectivity index (χ2n) is 3.21. The van der Waals surface area contributed by atoms with Gasteiger partial charge in [0.2, 0.25) is 0 Å². The average Bonchev–Trinajstić information content (AvgIpc) is 2.25. The number of aromatic nitrogens is 1. The highest BCUT2D eigenvalue weighted by Crippen LogP contribution is 2.32. The van der Waals surface area contributed by atoms with Crippen molar-refractivity contribution >= 4 is 11.8 Å². The fourth-order valence-electron chi connectivity index (χ4n) is 1.30. The number of halogens is 2. The highest BCUT2D eigenvalue weighted by atomic mass is 19.3. The Morgan fingerprint density at radius 3 is 2.82 bits per heavy atom. The lowest BCUT2D eigenvalue weighted by Crippen LogP contribution is -2.11. The second-order valence-corrected chi connectivity index (χ2v) is 3.21. The molecule has 0 bridgehead atoms. The number of anilines is 1. The van der Waals surface area contributed by atoms with Crippen molar-refractivity contribution in [1.82, 2.24) is 4.98 Å². The largest absolute Gasteiger partial charge is 0.504 e. The fraction of sp³-hybridized carbons (Fsp3) is 0.400. The zero-order chi connectivity index (χ0) is 13.0. The van der Waals surface area contributed by atoms with Crippen LogP contribution in [-0.4, -0.2) is 22.7 Å². The molecular weight excluding hydrogens is 234 g/mol. The molecule has 0 atom stereocenters. The summed E-state index contributed by atoms with van der Waals surface area (Å²) in [4.78, 5) is 14.6. The number of hydrogen-bond acceptors (Lipinski definition) is 5. The van der Waals surface area contributed by atoms with Crippen LogP contribution in [0.1, 0.15) is 24.5 Å². The maximum Gasteiger partial charge on any atom is 0.310 e. The predicted molar refractivity (Wildman–Crippen MR) is 55.6 cm³/mol. The lowest BCUT2D eigenvalue weighted by molar-refractivity contribution is -0.142. The molecule has 1 rings (SSSR count). The van der Waals surface area contributed by atoms with E-state index in [4.69, 9.17) is 5.73 Å².